The molecule has 152 valence electrons. The van der Waals surface area contributed by atoms with Crippen LogP contribution in [0.3, 0.4) is 0 Å². The van der Waals surface area contributed by atoms with Gasteiger partial charge in [0.1, 0.15) is 5.69 Å². The van der Waals surface area contributed by atoms with Crippen molar-refractivity contribution >= 4 is 38.8 Å². The maximum atomic E-state index is 12.7. The van der Waals surface area contributed by atoms with Gasteiger partial charge in [0.2, 0.25) is 0 Å². The maximum absolute atomic E-state index is 12.7. The molecule has 0 aliphatic carbocycles. The lowest BCUT2D eigenvalue weighted by atomic mass is 10.0. The highest BCUT2D eigenvalue weighted by atomic mass is 32.1. The molecule has 1 aliphatic rings. The van der Waals surface area contributed by atoms with Gasteiger partial charge in [-0.1, -0.05) is 24.3 Å². The molecule has 1 fully saturated rings. The predicted octanol–water partition coefficient (Wildman–Crippen LogP) is 4.84. The van der Waals surface area contributed by atoms with E-state index in [1.54, 1.807) is 22.7 Å². The number of thiophene rings is 1. The Bertz CT molecular complexity index is 1190. The largest absolute Gasteiger partial charge is 0.379 e. The molecule has 5 rings (SSSR count). The molecule has 4 heterocycles. The van der Waals surface area contributed by atoms with Crippen molar-refractivity contribution in [1.29, 1.82) is 0 Å². The van der Waals surface area contributed by atoms with Crippen LogP contribution in [0.4, 0.5) is 0 Å². The van der Waals surface area contributed by atoms with Crippen molar-refractivity contribution in [1.82, 2.24) is 15.3 Å². The molecule has 0 bridgehead atoms. The van der Waals surface area contributed by atoms with Crippen molar-refractivity contribution in [2.45, 2.75) is 25.8 Å². The van der Waals surface area contributed by atoms with E-state index in [1.165, 1.54) is 5.56 Å². The fourth-order valence-electron chi connectivity index (χ4n) is 3.69. The van der Waals surface area contributed by atoms with Crippen molar-refractivity contribution in [3.63, 3.8) is 0 Å². The Hall–Kier alpha value is -2.61. The van der Waals surface area contributed by atoms with Crippen molar-refractivity contribution in [2.75, 3.05) is 13.2 Å². The first-order chi connectivity index (χ1) is 14.7. The third-order valence-electron chi connectivity index (χ3n) is 5.25. The molecule has 5 nitrogen and oxygen atoms in total. The van der Waals surface area contributed by atoms with Gasteiger partial charge in [0.05, 0.1) is 33.6 Å². The van der Waals surface area contributed by atoms with Crippen LogP contribution in [0.25, 0.3) is 21.5 Å². The van der Waals surface area contributed by atoms with E-state index < -0.39 is 0 Å². The first-order valence-electron chi connectivity index (χ1n) is 9.93. The van der Waals surface area contributed by atoms with Crippen LogP contribution < -0.4 is 5.32 Å². The van der Waals surface area contributed by atoms with Crippen LogP contribution >= 0.6 is 22.7 Å². The molecule has 30 heavy (non-hydrogen) atoms. The zero-order valence-electron chi connectivity index (χ0n) is 16.6. The number of benzene rings is 1. The van der Waals surface area contributed by atoms with Crippen molar-refractivity contribution < 1.29 is 9.53 Å². The van der Waals surface area contributed by atoms with Gasteiger partial charge in [0, 0.05) is 17.6 Å². The average Bonchev–Trinajstić information content (AvgIpc) is 3.50. The number of thiazole rings is 1. The van der Waals surface area contributed by atoms with E-state index in [-0.39, 0.29) is 11.9 Å². The molecule has 7 heteroatoms. The predicted molar refractivity (Wildman–Crippen MR) is 121 cm³/mol. The zero-order valence-corrected chi connectivity index (χ0v) is 18.2. The smallest absolute Gasteiger partial charge is 0.270 e. The molecule has 0 radical (unpaired) electrons. The number of fused-ring (bicyclic) bond motifs is 1. The molecule has 1 saturated heterocycles. The third kappa shape index (κ3) is 4.01. The summed E-state index contributed by atoms with van der Waals surface area (Å²) in [5.41, 5.74) is 5.81. The second-order valence-electron chi connectivity index (χ2n) is 7.46. The number of aryl methyl sites for hydroxylation is 1. The molecule has 4 aromatic rings. The van der Waals surface area contributed by atoms with Gasteiger partial charge in [-0.3, -0.25) is 4.79 Å². The van der Waals surface area contributed by atoms with E-state index in [9.17, 15) is 4.79 Å². The molecule has 0 saturated carbocycles. The van der Waals surface area contributed by atoms with E-state index in [1.807, 2.05) is 24.4 Å². The summed E-state index contributed by atoms with van der Waals surface area (Å²) in [6.07, 6.45) is 1.60. The Kier molecular flexibility index (Phi) is 5.33. The summed E-state index contributed by atoms with van der Waals surface area (Å²) < 4.78 is 6.49. The van der Waals surface area contributed by atoms with E-state index >= 15 is 0 Å². The standard InChI is InChI=1S/C23H21N3O2S2/c1-14-24-21(13-30-14)16-4-2-15(3-5-16)10-17-11-20(26-19-7-9-29-22(17)19)23(27)25-18-6-8-28-12-18/h2-5,7,9,11,13,18H,6,8,10,12H2,1H3,(H,25,27)/t18-/m0/s1. The van der Waals surface area contributed by atoms with Gasteiger partial charge in [-0.2, -0.15) is 0 Å². The first kappa shape index (κ1) is 19.4. The van der Waals surface area contributed by atoms with Crippen LogP contribution in [0, 0.1) is 6.92 Å². The number of carbonyl (C=O) groups excluding carboxylic acids is 1. The number of rotatable bonds is 5. The molecular formula is C23H21N3O2S2. The summed E-state index contributed by atoms with van der Waals surface area (Å²) in [5, 5.41) is 8.23. The van der Waals surface area contributed by atoms with Crippen LogP contribution in [0.2, 0.25) is 0 Å². The summed E-state index contributed by atoms with van der Waals surface area (Å²) in [4.78, 5) is 21.9. The highest BCUT2D eigenvalue weighted by Crippen LogP contribution is 2.28. The number of amides is 1. The van der Waals surface area contributed by atoms with Gasteiger partial charge in [0.15, 0.2) is 0 Å². The SMILES string of the molecule is Cc1nc(-c2ccc(Cc3cc(C(=O)N[C@H]4CCOC4)nc4ccsc34)cc2)cs1. The van der Waals surface area contributed by atoms with E-state index in [0.717, 1.165) is 44.9 Å². The molecule has 0 unspecified atom stereocenters. The molecule has 1 aromatic carbocycles. The number of hydrogen-bond donors (Lipinski definition) is 1. The molecule has 3 aromatic heterocycles. The highest BCUT2D eigenvalue weighted by Gasteiger charge is 2.20. The summed E-state index contributed by atoms with van der Waals surface area (Å²) in [7, 11) is 0. The fraction of sp³-hybridized carbons (Fsp3) is 0.261. The summed E-state index contributed by atoms with van der Waals surface area (Å²) in [6, 6.07) is 12.5. The Morgan fingerprint density at radius 1 is 1.20 bits per heavy atom. The van der Waals surface area contributed by atoms with Crippen LogP contribution in [0.15, 0.2) is 47.2 Å². The minimum Gasteiger partial charge on any atom is -0.379 e. The van der Waals surface area contributed by atoms with Gasteiger partial charge in [-0.05, 0) is 48.4 Å². The van der Waals surface area contributed by atoms with Crippen molar-refractivity contribution in [2.24, 2.45) is 0 Å². The maximum Gasteiger partial charge on any atom is 0.270 e. The highest BCUT2D eigenvalue weighted by molar-refractivity contribution is 7.17. The van der Waals surface area contributed by atoms with Gasteiger partial charge in [0.25, 0.3) is 5.91 Å². The normalized spacial score (nSPS) is 16.2. The molecular weight excluding hydrogens is 414 g/mol. The Labute approximate surface area is 182 Å². The molecule has 1 amide bonds. The molecule has 1 N–H and O–H groups in total. The van der Waals surface area contributed by atoms with Crippen LogP contribution in [0.5, 0.6) is 0 Å². The Balaban J connectivity index is 1.40. The lowest BCUT2D eigenvalue weighted by Gasteiger charge is -2.12. The van der Waals surface area contributed by atoms with Crippen molar-refractivity contribution in [3.05, 3.63) is 69.0 Å². The second kappa shape index (κ2) is 8.26. The summed E-state index contributed by atoms with van der Waals surface area (Å²) in [5.74, 6) is -0.130. The molecule has 1 aliphatic heterocycles. The van der Waals surface area contributed by atoms with Crippen LogP contribution in [-0.4, -0.2) is 35.1 Å². The molecule has 0 spiro atoms. The number of hydrogen-bond acceptors (Lipinski definition) is 6. The van der Waals surface area contributed by atoms with Crippen molar-refractivity contribution in [3.8, 4) is 11.3 Å². The van der Waals surface area contributed by atoms with E-state index in [2.05, 4.69) is 44.9 Å². The summed E-state index contributed by atoms with van der Waals surface area (Å²) in [6.45, 7) is 3.29. The van der Waals surface area contributed by atoms with Gasteiger partial charge < -0.3 is 10.1 Å². The number of ether oxygens (including phenoxy) is 1. The third-order valence-corrected chi connectivity index (χ3v) is 7.00. The number of carbonyl (C=O) groups is 1. The van der Waals surface area contributed by atoms with Crippen LogP contribution in [-0.2, 0) is 11.2 Å². The number of aromatic nitrogens is 2. The molecule has 1 atom stereocenters. The number of nitrogens with zero attached hydrogens (tertiary/aromatic N) is 2. The minimum atomic E-state index is -0.130. The van der Waals surface area contributed by atoms with E-state index in [4.69, 9.17) is 4.74 Å². The number of pyridine rings is 1. The van der Waals surface area contributed by atoms with Gasteiger partial charge in [-0.25, -0.2) is 9.97 Å². The van der Waals surface area contributed by atoms with Gasteiger partial charge in [-0.15, -0.1) is 22.7 Å². The van der Waals surface area contributed by atoms with Crippen LogP contribution in [0.1, 0.15) is 33.0 Å². The number of nitrogens with one attached hydrogen (secondary N) is 1. The zero-order chi connectivity index (χ0) is 20.5. The monoisotopic (exact) mass is 435 g/mol. The lowest BCUT2D eigenvalue weighted by molar-refractivity contribution is 0.0925. The Morgan fingerprint density at radius 2 is 2.07 bits per heavy atom. The lowest BCUT2D eigenvalue weighted by Crippen LogP contribution is -2.35. The fourth-order valence-corrected chi connectivity index (χ4v) is 5.16. The van der Waals surface area contributed by atoms with E-state index in [0.29, 0.717) is 18.9 Å². The quantitative estimate of drug-likeness (QED) is 0.487. The summed E-state index contributed by atoms with van der Waals surface area (Å²) >= 11 is 3.33. The second-order valence-corrected chi connectivity index (χ2v) is 9.44. The van der Waals surface area contributed by atoms with Gasteiger partial charge >= 0.3 is 0 Å². The first-order valence-corrected chi connectivity index (χ1v) is 11.7. The average molecular weight is 436 g/mol. The minimum absolute atomic E-state index is 0.0721. The topological polar surface area (TPSA) is 64.1 Å². The Morgan fingerprint density at radius 3 is 2.80 bits per heavy atom.